The molecule has 0 saturated carbocycles. The van der Waals surface area contributed by atoms with Gasteiger partial charge in [-0.15, -0.1) is 0 Å². The molecule has 11 heteroatoms. The number of rotatable bonds is 14. The first-order valence-corrected chi connectivity index (χ1v) is 11.6. The normalized spacial score (nSPS) is 10.7. The van der Waals surface area contributed by atoms with E-state index in [1.54, 1.807) is 0 Å². The molecular weight excluding hydrogens is 485 g/mol. The van der Waals surface area contributed by atoms with Crippen molar-refractivity contribution in [1.82, 2.24) is 10.6 Å². The summed E-state index contributed by atoms with van der Waals surface area (Å²) in [5, 5.41) is 7.69. The molecule has 0 aromatic heterocycles. The van der Waals surface area contributed by atoms with Crippen LogP contribution in [0.15, 0.2) is 30.3 Å². The van der Waals surface area contributed by atoms with Crippen molar-refractivity contribution in [3.05, 3.63) is 65.0 Å². The van der Waals surface area contributed by atoms with Gasteiger partial charge in [0.15, 0.2) is 23.3 Å². The Bertz CT molecular complexity index is 1020. The maximum atomic E-state index is 13.6. The van der Waals surface area contributed by atoms with Gasteiger partial charge in [0.25, 0.3) is 5.91 Å². The Kier molecular flexibility index (Phi) is 11.8. The summed E-state index contributed by atoms with van der Waals surface area (Å²) < 4.78 is 66.6. The first-order valence-electron chi connectivity index (χ1n) is 11.6. The Morgan fingerprint density at radius 1 is 0.583 bits per heavy atom. The van der Waals surface area contributed by atoms with E-state index in [0.717, 1.165) is 18.5 Å². The summed E-state index contributed by atoms with van der Waals surface area (Å²) in [6, 6.07) is 9.16. The van der Waals surface area contributed by atoms with Crippen molar-refractivity contribution in [3.63, 3.8) is 0 Å². The molecule has 0 fully saturated rings. The number of amides is 3. The quantitative estimate of drug-likeness (QED) is 0.144. The molecule has 2 aromatic rings. The van der Waals surface area contributed by atoms with E-state index in [0.29, 0.717) is 38.6 Å². The zero-order valence-corrected chi connectivity index (χ0v) is 19.6. The lowest BCUT2D eigenvalue weighted by molar-refractivity contribution is -0.121. The number of unbranched alkanes of at least 4 members (excludes halogenated alkanes) is 4. The second-order valence-electron chi connectivity index (χ2n) is 8.09. The molecule has 0 heterocycles. The molecule has 0 bridgehead atoms. The SMILES string of the molecule is O=C(CCCCCNC(=O)c1c(F)c(F)c(F)c(F)c1F)NCCCCCC(=O)Nc1ccccc1. The van der Waals surface area contributed by atoms with Crippen LogP contribution in [-0.4, -0.2) is 30.8 Å². The molecule has 2 aromatic carbocycles. The van der Waals surface area contributed by atoms with Crippen LogP contribution in [0.2, 0.25) is 0 Å². The van der Waals surface area contributed by atoms with Crippen LogP contribution in [-0.2, 0) is 9.59 Å². The van der Waals surface area contributed by atoms with Gasteiger partial charge in [0.1, 0.15) is 5.56 Å². The van der Waals surface area contributed by atoms with Crippen molar-refractivity contribution in [2.24, 2.45) is 0 Å². The van der Waals surface area contributed by atoms with Gasteiger partial charge in [0.05, 0.1) is 0 Å². The summed E-state index contributed by atoms with van der Waals surface area (Å²) in [4.78, 5) is 35.5. The van der Waals surface area contributed by atoms with Crippen molar-refractivity contribution in [2.75, 3.05) is 18.4 Å². The van der Waals surface area contributed by atoms with Crippen molar-refractivity contribution in [2.45, 2.75) is 51.4 Å². The van der Waals surface area contributed by atoms with Crippen LogP contribution in [0.4, 0.5) is 27.6 Å². The van der Waals surface area contributed by atoms with E-state index in [1.807, 2.05) is 30.3 Å². The fourth-order valence-corrected chi connectivity index (χ4v) is 3.33. The Morgan fingerprint density at radius 3 is 1.67 bits per heavy atom. The number of hydrogen-bond donors (Lipinski definition) is 3. The lowest BCUT2D eigenvalue weighted by atomic mass is 10.1. The largest absolute Gasteiger partial charge is 0.356 e. The molecule has 0 unspecified atom stereocenters. The average molecular weight is 514 g/mol. The van der Waals surface area contributed by atoms with E-state index in [1.165, 1.54) is 0 Å². The van der Waals surface area contributed by atoms with E-state index >= 15 is 0 Å². The molecule has 2 rings (SSSR count). The van der Waals surface area contributed by atoms with E-state index in [9.17, 15) is 36.3 Å². The molecule has 0 aliphatic rings. The molecule has 0 saturated heterocycles. The standard InChI is InChI=1S/C25H28F5N3O3/c26-20-19(21(27)23(29)24(30)22(20)28)25(36)32-15-9-2-6-12-17(34)31-14-8-3-7-13-18(35)33-16-10-4-1-5-11-16/h1,4-5,10-11H,2-3,6-9,12-15H2,(H,31,34)(H,32,36)(H,33,35). The van der Waals surface area contributed by atoms with E-state index in [2.05, 4.69) is 16.0 Å². The molecular formula is C25H28F5N3O3. The van der Waals surface area contributed by atoms with Crippen molar-refractivity contribution in [3.8, 4) is 0 Å². The van der Waals surface area contributed by atoms with Gasteiger partial charge < -0.3 is 16.0 Å². The Labute approximate surface area is 205 Å². The van der Waals surface area contributed by atoms with Crippen LogP contribution in [0, 0.1) is 29.1 Å². The Balaban J connectivity index is 1.51. The third kappa shape index (κ3) is 8.94. The molecule has 36 heavy (non-hydrogen) atoms. The second-order valence-corrected chi connectivity index (χ2v) is 8.09. The lowest BCUT2D eigenvalue weighted by Crippen LogP contribution is -2.28. The summed E-state index contributed by atoms with van der Waals surface area (Å²) >= 11 is 0. The van der Waals surface area contributed by atoms with Crippen molar-refractivity contribution in [1.29, 1.82) is 0 Å². The highest BCUT2D eigenvalue weighted by molar-refractivity contribution is 5.94. The predicted octanol–water partition coefficient (Wildman–Crippen LogP) is 4.99. The number of nitrogens with one attached hydrogen (secondary N) is 3. The minimum Gasteiger partial charge on any atom is -0.356 e. The van der Waals surface area contributed by atoms with Gasteiger partial charge >= 0.3 is 0 Å². The summed E-state index contributed by atoms with van der Waals surface area (Å²) in [6.07, 6.45) is 4.18. The molecule has 196 valence electrons. The van der Waals surface area contributed by atoms with Crippen LogP contribution >= 0.6 is 0 Å². The highest BCUT2D eigenvalue weighted by Crippen LogP contribution is 2.22. The van der Waals surface area contributed by atoms with Crippen LogP contribution in [0.5, 0.6) is 0 Å². The van der Waals surface area contributed by atoms with Gasteiger partial charge in [-0.1, -0.05) is 31.0 Å². The van der Waals surface area contributed by atoms with Gasteiger partial charge in [0.2, 0.25) is 17.6 Å². The monoisotopic (exact) mass is 513 g/mol. The second kappa shape index (κ2) is 14.8. The molecule has 0 aliphatic heterocycles. The molecule has 3 amide bonds. The van der Waals surface area contributed by atoms with Crippen LogP contribution in [0.25, 0.3) is 0 Å². The van der Waals surface area contributed by atoms with E-state index in [4.69, 9.17) is 0 Å². The number of carbonyl (C=O) groups excluding carboxylic acids is 3. The number of para-hydroxylation sites is 1. The lowest BCUT2D eigenvalue weighted by Gasteiger charge is -2.09. The number of hydrogen-bond acceptors (Lipinski definition) is 3. The highest BCUT2D eigenvalue weighted by Gasteiger charge is 2.29. The van der Waals surface area contributed by atoms with Crippen LogP contribution in [0.1, 0.15) is 61.7 Å². The fraction of sp³-hybridized carbons (Fsp3) is 0.400. The molecule has 0 aliphatic carbocycles. The third-order valence-electron chi connectivity index (χ3n) is 5.26. The molecule has 3 N–H and O–H groups in total. The number of carbonyl (C=O) groups is 3. The van der Waals surface area contributed by atoms with Gasteiger partial charge in [-0.05, 0) is 37.8 Å². The smallest absolute Gasteiger partial charge is 0.257 e. The van der Waals surface area contributed by atoms with E-state index < -0.39 is 40.6 Å². The molecule has 6 nitrogen and oxygen atoms in total. The summed E-state index contributed by atoms with van der Waals surface area (Å²) in [6.45, 7) is 0.426. The third-order valence-corrected chi connectivity index (χ3v) is 5.26. The van der Waals surface area contributed by atoms with Gasteiger partial charge in [-0.3, -0.25) is 14.4 Å². The highest BCUT2D eigenvalue weighted by atomic mass is 19.2. The zero-order valence-electron chi connectivity index (χ0n) is 19.6. The minimum absolute atomic E-state index is 0.0577. The summed E-state index contributed by atoms with van der Waals surface area (Å²) in [5.74, 6) is -12.7. The average Bonchev–Trinajstić information content (AvgIpc) is 2.86. The number of halogens is 5. The van der Waals surface area contributed by atoms with Crippen LogP contribution < -0.4 is 16.0 Å². The first-order chi connectivity index (χ1) is 17.2. The number of anilines is 1. The van der Waals surface area contributed by atoms with Gasteiger partial charge in [-0.2, -0.15) is 0 Å². The molecule has 0 radical (unpaired) electrons. The van der Waals surface area contributed by atoms with Gasteiger partial charge in [0, 0.05) is 31.6 Å². The maximum Gasteiger partial charge on any atom is 0.257 e. The fourth-order valence-electron chi connectivity index (χ4n) is 3.33. The Morgan fingerprint density at radius 2 is 1.08 bits per heavy atom. The molecule has 0 atom stereocenters. The Hall–Kier alpha value is -3.50. The predicted molar refractivity (Wildman–Crippen MR) is 124 cm³/mol. The minimum atomic E-state index is -2.33. The van der Waals surface area contributed by atoms with Crippen molar-refractivity contribution < 1.29 is 36.3 Å². The maximum absolute atomic E-state index is 13.6. The van der Waals surface area contributed by atoms with E-state index in [-0.39, 0.29) is 24.8 Å². The topological polar surface area (TPSA) is 87.3 Å². The summed E-state index contributed by atoms with van der Waals surface area (Å²) in [7, 11) is 0. The molecule has 0 spiro atoms. The van der Waals surface area contributed by atoms with Crippen molar-refractivity contribution >= 4 is 23.4 Å². The number of benzene rings is 2. The van der Waals surface area contributed by atoms with Gasteiger partial charge in [-0.25, -0.2) is 22.0 Å². The van der Waals surface area contributed by atoms with Crippen LogP contribution in [0.3, 0.4) is 0 Å². The first kappa shape index (κ1) is 28.7. The summed E-state index contributed by atoms with van der Waals surface area (Å²) in [5.41, 5.74) is -0.777. The zero-order chi connectivity index (χ0) is 26.5.